The Bertz CT molecular complexity index is 1310. The summed E-state index contributed by atoms with van der Waals surface area (Å²) in [5, 5.41) is 2.38. The van der Waals surface area contributed by atoms with Gasteiger partial charge < -0.3 is 9.64 Å². The molecule has 0 saturated carbocycles. The third-order valence-electron chi connectivity index (χ3n) is 9.18. The zero-order valence-electron chi connectivity index (χ0n) is 21.1. The molecule has 2 aromatic rings. The lowest BCUT2D eigenvalue weighted by molar-refractivity contribution is -0.136. The largest absolute Gasteiger partial charge is 0.492 e. The highest BCUT2D eigenvalue weighted by molar-refractivity contribution is 6.05. The average Bonchev–Trinajstić information content (AvgIpc) is 3.43. The average molecular weight is 501 g/mol. The maximum Gasteiger partial charge on any atom is 0.255 e. The predicted molar refractivity (Wildman–Crippen MR) is 135 cm³/mol. The molecule has 5 heterocycles. The van der Waals surface area contributed by atoms with E-state index in [1.165, 1.54) is 35.2 Å². The molecule has 2 saturated heterocycles. The van der Waals surface area contributed by atoms with Gasteiger partial charge in [-0.05, 0) is 75.2 Å². The van der Waals surface area contributed by atoms with Gasteiger partial charge in [-0.3, -0.25) is 29.6 Å². The third-order valence-corrected chi connectivity index (χ3v) is 9.18. The number of carbonyl (C=O) groups is 3. The van der Waals surface area contributed by atoms with Gasteiger partial charge >= 0.3 is 0 Å². The van der Waals surface area contributed by atoms with E-state index < -0.39 is 6.04 Å². The zero-order valence-corrected chi connectivity index (χ0v) is 21.1. The molecule has 2 fully saturated rings. The van der Waals surface area contributed by atoms with Crippen LogP contribution in [0.2, 0.25) is 0 Å². The second-order valence-corrected chi connectivity index (χ2v) is 11.4. The van der Waals surface area contributed by atoms with E-state index in [9.17, 15) is 14.4 Å². The van der Waals surface area contributed by atoms with E-state index in [1.807, 2.05) is 6.07 Å². The van der Waals surface area contributed by atoms with Crippen molar-refractivity contribution in [2.24, 2.45) is 0 Å². The lowest BCUT2D eigenvalue weighted by atomic mass is 9.74. The Morgan fingerprint density at radius 2 is 1.92 bits per heavy atom. The second-order valence-electron chi connectivity index (χ2n) is 11.4. The summed E-state index contributed by atoms with van der Waals surface area (Å²) in [4.78, 5) is 46.1. The number of aromatic nitrogens is 1. The quantitative estimate of drug-likeness (QED) is 0.652. The molecule has 1 aromatic heterocycles. The summed E-state index contributed by atoms with van der Waals surface area (Å²) in [5.74, 6) is 0.0389. The van der Waals surface area contributed by atoms with Gasteiger partial charge in [-0.1, -0.05) is 12.1 Å². The van der Waals surface area contributed by atoms with Crippen LogP contribution in [-0.4, -0.2) is 58.2 Å². The number of aryl methyl sites for hydroxylation is 2. The third kappa shape index (κ3) is 3.76. The zero-order chi connectivity index (χ0) is 25.1. The minimum absolute atomic E-state index is 0.0277. The van der Waals surface area contributed by atoms with Crippen LogP contribution in [0.15, 0.2) is 24.4 Å². The van der Waals surface area contributed by atoms with E-state index in [-0.39, 0.29) is 29.6 Å². The van der Waals surface area contributed by atoms with Gasteiger partial charge in [0, 0.05) is 47.0 Å². The Morgan fingerprint density at radius 3 is 2.76 bits per heavy atom. The molecule has 1 atom stereocenters. The first kappa shape index (κ1) is 22.9. The van der Waals surface area contributed by atoms with Crippen molar-refractivity contribution in [1.82, 2.24) is 20.1 Å². The number of carbonyl (C=O) groups excluding carboxylic acids is 3. The summed E-state index contributed by atoms with van der Waals surface area (Å²) >= 11 is 0. The Hall–Kier alpha value is -3.26. The number of nitrogens with one attached hydrogen (secondary N) is 1. The van der Waals surface area contributed by atoms with Gasteiger partial charge in [0.25, 0.3) is 5.91 Å². The molecule has 37 heavy (non-hydrogen) atoms. The van der Waals surface area contributed by atoms with E-state index in [1.54, 1.807) is 4.90 Å². The highest BCUT2D eigenvalue weighted by Gasteiger charge is 2.47. The Morgan fingerprint density at radius 1 is 1.08 bits per heavy atom. The monoisotopic (exact) mass is 500 g/mol. The van der Waals surface area contributed by atoms with Gasteiger partial charge in [-0.25, -0.2) is 0 Å². The number of hydrogen-bond acceptors (Lipinski definition) is 6. The van der Waals surface area contributed by atoms with E-state index in [0.29, 0.717) is 25.1 Å². The summed E-state index contributed by atoms with van der Waals surface area (Å²) in [7, 11) is 0. The molecule has 0 radical (unpaired) electrons. The van der Waals surface area contributed by atoms with E-state index in [4.69, 9.17) is 9.72 Å². The van der Waals surface area contributed by atoms with Gasteiger partial charge in [-0.15, -0.1) is 0 Å². The highest BCUT2D eigenvalue weighted by Crippen LogP contribution is 2.49. The molecule has 7 rings (SSSR count). The van der Waals surface area contributed by atoms with Crippen molar-refractivity contribution < 1.29 is 19.1 Å². The van der Waals surface area contributed by atoms with Crippen molar-refractivity contribution in [3.8, 4) is 5.75 Å². The fraction of sp³-hybridized carbons (Fsp3) is 0.517. The first-order valence-electron chi connectivity index (χ1n) is 13.6. The summed E-state index contributed by atoms with van der Waals surface area (Å²) in [6, 6.07) is 5.76. The van der Waals surface area contributed by atoms with Crippen LogP contribution in [0.1, 0.15) is 76.8 Å². The summed E-state index contributed by atoms with van der Waals surface area (Å²) in [6.45, 7) is 3.93. The number of rotatable bonds is 3. The fourth-order valence-electron chi connectivity index (χ4n) is 7.02. The number of benzene rings is 1. The minimum atomic E-state index is -0.607. The molecule has 4 aliphatic heterocycles. The normalized spacial score (nSPS) is 24.5. The van der Waals surface area contributed by atoms with Crippen LogP contribution >= 0.6 is 0 Å². The molecule has 192 valence electrons. The molecular formula is C29H32N4O4. The molecule has 1 spiro atoms. The SMILES string of the molecule is O=C1CCC(N2Cc3c(ccc4c3OCC43CCN(Cc4cnc5c(c4)CCCC5)CC3)C2=O)C(=O)N1. The first-order chi connectivity index (χ1) is 18.0. The predicted octanol–water partition coefficient (Wildman–Crippen LogP) is 2.65. The van der Waals surface area contributed by atoms with Crippen molar-refractivity contribution in [1.29, 1.82) is 0 Å². The molecule has 3 amide bonds. The van der Waals surface area contributed by atoms with Gasteiger partial charge in [0.1, 0.15) is 11.8 Å². The van der Waals surface area contributed by atoms with Gasteiger partial charge in [0.15, 0.2) is 0 Å². The maximum atomic E-state index is 13.2. The van der Waals surface area contributed by atoms with E-state index in [0.717, 1.165) is 56.6 Å². The van der Waals surface area contributed by atoms with Crippen molar-refractivity contribution in [3.63, 3.8) is 0 Å². The molecule has 1 N–H and O–H groups in total. The summed E-state index contributed by atoms with van der Waals surface area (Å²) < 4.78 is 6.32. The van der Waals surface area contributed by atoms with Crippen LogP contribution in [0.3, 0.4) is 0 Å². The number of nitrogens with zero attached hydrogens (tertiary/aromatic N) is 3. The number of ether oxygens (including phenoxy) is 1. The number of pyridine rings is 1. The highest BCUT2D eigenvalue weighted by atomic mass is 16.5. The van der Waals surface area contributed by atoms with Crippen molar-refractivity contribution in [2.75, 3.05) is 19.7 Å². The Labute approximate surface area is 216 Å². The van der Waals surface area contributed by atoms with E-state index in [2.05, 4.69) is 28.5 Å². The molecule has 5 aliphatic rings. The number of imide groups is 1. The van der Waals surface area contributed by atoms with Gasteiger partial charge in [0.05, 0.1) is 13.2 Å². The molecule has 8 heteroatoms. The maximum absolute atomic E-state index is 13.2. The minimum Gasteiger partial charge on any atom is -0.492 e. The second kappa shape index (κ2) is 8.65. The molecule has 1 aliphatic carbocycles. The Balaban J connectivity index is 1.06. The lowest BCUT2D eigenvalue weighted by Crippen LogP contribution is -2.52. The Kier molecular flexibility index (Phi) is 5.36. The van der Waals surface area contributed by atoms with Gasteiger partial charge in [-0.2, -0.15) is 0 Å². The first-order valence-corrected chi connectivity index (χ1v) is 13.6. The molecule has 1 aromatic carbocycles. The summed E-state index contributed by atoms with van der Waals surface area (Å²) in [6.07, 6.45) is 9.51. The summed E-state index contributed by atoms with van der Waals surface area (Å²) in [5.41, 5.74) is 6.73. The van der Waals surface area contributed by atoms with Crippen molar-refractivity contribution >= 4 is 17.7 Å². The van der Waals surface area contributed by atoms with Crippen molar-refractivity contribution in [3.05, 3.63) is 57.9 Å². The van der Waals surface area contributed by atoms with Crippen LogP contribution in [0.5, 0.6) is 5.75 Å². The fourth-order valence-corrected chi connectivity index (χ4v) is 7.02. The lowest BCUT2D eigenvalue weighted by Gasteiger charge is -2.38. The number of likely N-dealkylation sites (tertiary alicyclic amines) is 1. The standard InChI is InChI=1S/C29H32N4O4/c34-25-8-7-24(27(35)31-25)33-16-21-20(28(33)36)5-6-22-26(21)37-17-29(22)9-11-32(12-10-29)15-18-13-19-3-1-2-4-23(19)30-14-18/h5-6,13-14,24H,1-4,7-12,15-17H2,(H,31,34,35). The number of amides is 3. The van der Waals surface area contributed by atoms with Crippen LogP contribution in [0.4, 0.5) is 0 Å². The van der Waals surface area contributed by atoms with Crippen LogP contribution in [0.25, 0.3) is 0 Å². The van der Waals surface area contributed by atoms with Gasteiger partial charge in [0.2, 0.25) is 11.8 Å². The van der Waals surface area contributed by atoms with Crippen LogP contribution in [0, 0.1) is 0 Å². The van der Waals surface area contributed by atoms with Crippen LogP contribution < -0.4 is 10.1 Å². The number of piperidine rings is 2. The molecule has 1 unspecified atom stereocenters. The molecule has 8 nitrogen and oxygen atoms in total. The van der Waals surface area contributed by atoms with E-state index >= 15 is 0 Å². The van der Waals surface area contributed by atoms with Crippen LogP contribution in [-0.2, 0) is 40.9 Å². The number of fused-ring (bicyclic) bond motifs is 5. The topological polar surface area (TPSA) is 91.8 Å². The number of hydrogen-bond donors (Lipinski definition) is 1. The smallest absolute Gasteiger partial charge is 0.255 e. The van der Waals surface area contributed by atoms with Crippen molar-refractivity contribution in [2.45, 2.75) is 75.9 Å². The molecule has 0 bridgehead atoms. The molecular weight excluding hydrogens is 468 g/mol.